The highest BCUT2D eigenvalue weighted by Gasteiger charge is 2.07. The van der Waals surface area contributed by atoms with E-state index in [4.69, 9.17) is 10.5 Å². The molecule has 1 aromatic rings. The van der Waals surface area contributed by atoms with Crippen LogP contribution in [-0.4, -0.2) is 17.8 Å². The van der Waals surface area contributed by atoms with E-state index in [1.54, 1.807) is 6.07 Å². The second-order valence-corrected chi connectivity index (χ2v) is 3.99. The van der Waals surface area contributed by atoms with Gasteiger partial charge >= 0.3 is 0 Å². The molecule has 0 aliphatic heterocycles. The van der Waals surface area contributed by atoms with Crippen LogP contribution in [0.1, 0.15) is 32.3 Å². The first kappa shape index (κ1) is 12.8. The third-order valence-electron chi connectivity index (χ3n) is 2.48. The van der Waals surface area contributed by atoms with Crippen molar-refractivity contribution < 1.29 is 9.84 Å². The monoisotopic (exact) mass is 223 g/mol. The zero-order valence-electron chi connectivity index (χ0n) is 10.1. The molecule has 1 rings (SSSR count). The van der Waals surface area contributed by atoms with Gasteiger partial charge in [-0.2, -0.15) is 0 Å². The summed E-state index contributed by atoms with van der Waals surface area (Å²) in [5, 5.41) is 9.55. The molecule has 0 spiro atoms. The highest BCUT2D eigenvalue weighted by molar-refractivity contribution is 5.42. The van der Waals surface area contributed by atoms with E-state index in [9.17, 15) is 5.11 Å². The highest BCUT2D eigenvalue weighted by Crippen LogP contribution is 2.27. The summed E-state index contributed by atoms with van der Waals surface area (Å²) in [6, 6.07) is 5.62. The van der Waals surface area contributed by atoms with Crippen LogP contribution in [-0.2, 0) is 6.42 Å². The van der Waals surface area contributed by atoms with Crippen molar-refractivity contribution in [2.24, 2.45) is 5.73 Å². The fourth-order valence-corrected chi connectivity index (χ4v) is 1.73. The molecule has 16 heavy (non-hydrogen) atoms. The molecule has 1 unspecified atom stereocenters. The molecule has 0 radical (unpaired) electrons. The van der Waals surface area contributed by atoms with Gasteiger partial charge in [-0.3, -0.25) is 0 Å². The molecule has 90 valence electrons. The summed E-state index contributed by atoms with van der Waals surface area (Å²) in [6.07, 6.45) is 2.94. The summed E-state index contributed by atoms with van der Waals surface area (Å²) in [5.41, 5.74) is 7.09. The first-order valence-electron chi connectivity index (χ1n) is 5.87. The van der Waals surface area contributed by atoms with Crippen molar-refractivity contribution in [3.63, 3.8) is 0 Å². The fraction of sp³-hybridized carbons (Fsp3) is 0.538. The van der Waals surface area contributed by atoms with Crippen LogP contribution in [0.25, 0.3) is 0 Å². The van der Waals surface area contributed by atoms with Gasteiger partial charge in [0.25, 0.3) is 0 Å². The lowest BCUT2D eigenvalue weighted by molar-refractivity contribution is 0.317. The van der Waals surface area contributed by atoms with Gasteiger partial charge in [-0.05, 0) is 37.5 Å². The van der Waals surface area contributed by atoms with Crippen LogP contribution in [0.2, 0.25) is 0 Å². The SMILES string of the molecule is CCCC(N)Cc1ccc(O)c(OCC)c1. The molecular formula is C13H21NO2. The second kappa shape index (κ2) is 6.38. The Kier molecular flexibility index (Phi) is 5.12. The van der Waals surface area contributed by atoms with Crippen LogP contribution in [0, 0.1) is 0 Å². The van der Waals surface area contributed by atoms with Crippen LogP contribution < -0.4 is 10.5 Å². The number of phenols is 1. The number of benzene rings is 1. The average Bonchev–Trinajstić information content (AvgIpc) is 2.24. The van der Waals surface area contributed by atoms with Gasteiger partial charge in [0, 0.05) is 6.04 Å². The smallest absolute Gasteiger partial charge is 0.161 e. The number of rotatable bonds is 6. The van der Waals surface area contributed by atoms with E-state index < -0.39 is 0 Å². The van der Waals surface area contributed by atoms with Crippen LogP contribution in [0.3, 0.4) is 0 Å². The predicted octanol–water partition coefficient (Wildman–Crippen LogP) is 2.46. The summed E-state index contributed by atoms with van der Waals surface area (Å²) >= 11 is 0. The molecule has 0 heterocycles. The zero-order valence-corrected chi connectivity index (χ0v) is 10.1. The highest BCUT2D eigenvalue weighted by atomic mass is 16.5. The van der Waals surface area contributed by atoms with Gasteiger partial charge < -0.3 is 15.6 Å². The summed E-state index contributed by atoms with van der Waals surface area (Å²) in [5.74, 6) is 0.735. The number of nitrogens with two attached hydrogens (primary N) is 1. The quantitative estimate of drug-likeness (QED) is 0.779. The first-order valence-corrected chi connectivity index (χ1v) is 5.87. The molecule has 0 aliphatic carbocycles. The molecule has 0 saturated heterocycles. The Labute approximate surface area is 97.2 Å². The maximum atomic E-state index is 9.55. The molecule has 0 aromatic heterocycles. The zero-order chi connectivity index (χ0) is 12.0. The van der Waals surface area contributed by atoms with Crippen molar-refractivity contribution in [3.8, 4) is 11.5 Å². The lowest BCUT2D eigenvalue weighted by Gasteiger charge is -2.12. The summed E-state index contributed by atoms with van der Waals surface area (Å²) in [6.45, 7) is 4.58. The first-order chi connectivity index (χ1) is 7.67. The lowest BCUT2D eigenvalue weighted by Crippen LogP contribution is -2.22. The van der Waals surface area contributed by atoms with Gasteiger partial charge in [0.2, 0.25) is 0 Å². The van der Waals surface area contributed by atoms with Crippen LogP contribution in [0.4, 0.5) is 0 Å². The topological polar surface area (TPSA) is 55.5 Å². The Morgan fingerprint density at radius 2 is 2.12 bits per heavy atom. The van der Waals surface area contributed by atoms with E-state index in [2.05, 4.69) is 6.92 Å². The van der Waals surface area contributed by atoms with Gasteiger partial charge in [0.15, 0.2) is 11.5 Å². The number of ether oxygens (including phenoxy) is 1. The second-order valence-electron chi connectivity index (χ2n) is 3.99. The lowest BCUT2D eigenvalue weighted by atomic mass is 10.0. The molecule has 0 amide bonds. The van der Waals surface area contributed by atoms with E-state index in [0.717, 1.165) is 24.8 Å². The van der Waals surface area contributed by atoms with E-state index >= 15 is 0 Å². The van der Waals surface area contributed by atoms with Crippen molar-refractivity contribution in [2.75, 3.05) is 6.61 Å². The maximum absolute atomic E-state index is 9.55. The maximum Gasteiger partial charge on any atom is 0.161 e. The standard InChI is InChI=1S/C13H21NO2/c1-3-5-11(14)8-10-6-7-12(15)13(9-10)16-4-2/h6-7,9,11,15H,3-5,8,14H2,1-2H3. The van der Waals surface area contributed by atoms with Crippen LogP contribution in [0.5, 0.6) is 11.5 Å². The van der Waals surface area contributed by atoms with Gasteiger partial charge in [-0.1, -0.05) is 19.4 Å². The normalized spacial score (nSPS) is 12.4. The minimum Gasteiger partial charge on any atom is -0.504 e. The minimum absolute atomic E-state index is 0.184. The summed E-state index contributed by atoms with van der Waals surface area (Å²) < 4.78 is 5.33. The van der Waals surface area contributed by atoms with Gasteiger partial charge in [-0.25, -0.2) is 0 Å². The summed E-state index contributed by atoms with van der Waals surface area (Å²) in [4.78, 5) is 0. The number of hydrogen-bond donors (Lipinski definition) is 2. The Morgan fingerprint density at radius 3 is 2.75 bits per heavy atom. The minimum atomic E-state index is 0.184. The van der Waals surface area contributed by atoms with Crippen LogP contribution >= 0.6 is 0 Å². The fourth-order valence-electron chi connectivity index (χ4n) is 1.73. The van der Waals surface area contributed by atoms with Crippen molar-refractivity contribution in [1.29, 1.82) is 0 Å². The molecule has 1 aromatic carbocycles. The molecule has 1 atom stereocenters. The number of aromatic hydroxyl groups is 1. The molecule has 0 aliphatic rings. The molecule has 0 fully saturated rings. The van der Waals surface area contributed by atoms with E-state index in [1.807, 2.05) is 19.1 Å². The Bertz CT molecular complexity index is 326. The Hall–Kier alpha value is -1.22. The van der Waals surface area contributed by atoms with E-state index in [-0.39, 0.29) is 11.8 Å². The average molecular weight is 223 g/mol. The van der Waals surface area contributed by atoms with Crippen molar-refractivity contribution in [3.05, 3.63) is 23.8 Å². The van der Waals surface area contributed by atoms with E-state index in [1.165, 1.54) is 0 Å². The molecule has 3 nitrogen and oxygen atoms in total. The third kappa shape index (κ3) is 3.74. The third-order valence-corrected chi connectivity index (χ3v) is 2.48. The molecule has 0 bridgehead atoms. The molecular weight excluding hydrogens is 202 g/mol. The number of hydrogen-bond acceptors (Lipinski definition) is 3. The van der Waals surface area contributed by atoms with E-state index in [0.29, 0.717) is 12.4 Å². The molecule has 3 N–H and O–H groups in total. The predicted molar refractivity (Wildman–Crippen MR) is 65.9 cm³/mol. The molecule has 0 saturated carbocycles. The Balaban J connectivity index is 2.70. The molecule has 3 heteroatoms. The van der Waals surface area contributed by atoms with Gasteiger partial charge in [-0.15, -0.1) is 0 Å². The van der Waals surface area contributed by atoms with Crippen molar-refractivity contribution in [2.45, 2.75) is 39.2 Å². The number of phenolic OH excluding ortho intramolecular Hbond substituents is 1. The van der Waals surface area contributed by atoms with Gasteiger partial charge in [0.1, 0.15) is 0 Å². The van der Waals surface area contributed by atoms with Crippen molar-refractivity contribution >= 4 is 0 Å². The largest absolute Gasteiger partial charge is 0.504 e. The van der Waals surface area contributed by atoms with Crippen molar-refractivity contribution in [1.82, 2.24) is 0 Å². The van der Waals surface area contributed by atoms with Crippen LogP contribution in [0.15, 0.2) is 18.2 Å². The van der Waals surface area contributed by atoms with Gasteiger partial charge in [0.05, 0.1) is 6.61 Å². The Morgan fingerprint density at radius 1 is 1.38 bits per heavy atom. The summed E-state index contributed by atoms with van der Waals surface area (Å²) in [7, 11) is 0.